The summed E-state index contributed by atoms with van der Waals surface area (Å²) >= 11 is 0. The molecule has 2 aromatic rings. The lowest BCUT2D eigenvalue weighted by atomic mass is 9.91. The molecule has 0 unspecified atom stereocenters. The Morgan fingerprint density at radius 3 is 2.66 bits per heavy atom. The van der Waals surface area contributed by atoms with Crippen molar-refractivity contribution in [1.29, 1.82) is 0 Å². The fraction of sp³-hybridized carbons (Fsp3) is 0.545. The number of carbonyl (C=O) groups is 1. The molecule has 1 amide bonds. The van der Waals surface area contributed by atoms with E-state index in [1.165, 1.54) is 12.8 Å². The van der Waals surface area contributed by atoms with Crippen molar-refractivity contribution in [1.82, 2.24) is 15.0 Å². The molecule has 4 rings (SSSR count). The van der Waals surface area contributed by atoms with Crippen LogP contribution in [0, 0.1) is 5.41 Å². The second kappa shape index (κ2) is 7.61. The van der Waals surface area contributed by atoms with E-state index in [-0.39, 0.29) is 5.91 Å². The lowest BCUT2D eigenvalue weighted by Crippen LogP contribution is -2.45. The molecule has 0 atom stereocenters. The fourth-order valence-electron chi connectivity index (χ4n) is 4.54. The maximum absolute atomic E-state index is 13.1. The summed E-state index contributed by atoms with van der Waals surface area (Å²) in [5.74, 6) is 1.61. The number of hydrogen-bond acceptors (Lipinski definition) is 6. The second-order valence-corrected chi connectivity index (χ2v) is 8.65. The van der Waals surface area contributed by atoms with E-state index in [1.807, 2.05) is 39.2 Å². The first kappa shape index (κ1) is 19.6. The van der Waals surface area contributed by atoms with E-state index in [0.29, 0.717) is 18.5 Å². The lowest BCUT2D eigenvalue weighted by molar-refractivity contribution is -0.125. The molecule has 1 aliphatic carbocycles. The molecule has 1 aliphatic heterocycles. The van der Waals surface area contributed by atoms with Gasteiger partial charge in [-0.1, -0.05) is 12.8 Å². The monoisotopic (exact) mass is 394 g/mol. The molecule has 2 aliphatic rings. The third kappa shape index (κ3) is 3.54. The summed E-state index contributed by atoms with van der Waals surface area (Å²) in [4.78, 5) is 33.2. The predicted molar refractivity (Wildman–Crippen MR) is 116 cm³/mol. The Bertz CT molecular complexity index is 878. The zero-order chi connectivity index (χ0) is 20.6. The van der Waals surface area contributed by atoms with Gasteiger partial charge in [-0.25, -0.2) is 4.98 Å². The predicted octanol–water partition coefficient (Wildman–Crippen LogP) is 3.78. The van der Waals surface area contributed by atoms with Crippen molar-refractivity contribution in [3.05, 3.63) is 30.7 Å². The molecule has 0 radical (unpaired) electrons. The van der Waals surface area contributed by atoms with Crippen LogP contribution in [0.1, 0.15) is 46.5 Å². The van der Waals surface area contributed by atoms with E-state index < -0.39 is 5.41 Å². The zero-order valence-electron chi connectivity index (χ0n) is 17.8. The number of aromatic nitrogens is 3. The highest BCUT2D eigenvalue weighted by atomic mass is 16.2. The number of rotatable bonds is 4. The van der Waals surface area contributed by atoms with Crippen molar-refractivity contribution >= 4 is 29.0 Å². The van der Waals surface area contributed by atoms with Crippen LogP contribution in [-0.2, 0) is 4.79 Å². The molecule has 3 heterocycles. The Kier molecular flexibility index (Phi) is 5.15. The van der Waals surface area contributed by atoms with Crippen LogP contribution in [0.2, 0.25) is 0 Å². The Morgan fingerprint density at radius 1 is 1.24 bits per heavy atom. The molecule has 1 fully saturated rings. The fourth-order valence-corrected chi connectivity index (χ4v) is 4.54. The molecule has 2 aromatic heterocycles. The largest absolute Gasteiger partial charge is 0.351 e. The standard InChI is InChI=1S/C22H30N6O/c1-5-27(17-11-8-12-23-13-17)21-24-14-18-19(25-21)28(16-9-6-7-10-16)15-22(2,3)20(29)26(18)4/h8,11-14,16H,5-7,9-10,15H2,1-4H3. The van der Waals surface area contributed by atoms with Crippen molar-refractivity contribution in [2.75, 3.05) is 34.8 Å². The van der Waals surface area contributed by atoms with Crippen LogP contribution < -0.4 is 14.7 Å². The van der Waals surface area contributed by atoms with Gasteiger partial charge in [-0.05, 0) is 45.7 Å². The van der Waals surface area contributed by atoms with Crippen molar-refractivity contribution in [3.8, 4) is 0 Å². The molecule has 7 nitrogen and oxygen atoms in total. The van der Waals surface area contributed by atoms with E-state index in [2.05, 4.69) is 26.7 Å². The summed E-state index contributed by atoms with van der Waals surface area (Å²) in [5, 5.41) is 0. The Balaban J connectivity index is 1.82. The highest BCUT2D eigenvalue weighted by Gasteiger charge is 2.41. The molecule has 7 heteroatoms. The molecule has 0 saturated heterocycles. The van der Waals surface area contributed by atoms with Gasteiger partial charge in [-0.2, -0.15) is 4.98 Å². The van der Waals surface area contributed by atoms with Gasteiger partial charge in [0.25, 0.3) is 0 Å². The number of anilines is 4. The number of fused-ring (bicyclic) bond motifs is 1. The number of pyridine rings is 1. The van der Waals surface area contributed by atoms with Gasteiger partial charge in [-0.15, -0.1) is 0 Å². The molecular formula is C22H30N6O. The van der Waals surface area contributed by atoms with Crippen LogP contribution in [-0.4, -0.2) is 47.0 Å². The minimum atomic E-state index is -0.480. The number of amides is 1. The molecule has 154 valence electrons. The van der Waals surface area contributed by atoms with E-state index >= 15 is 0 Å². The van der Waals surface area contributed by atoms with Crippen molar-refractivity contribution in [3.63, 3.8) is 0 Å². The van der Waals surface area contributed by atoms with Crippen LogP contribution in [0.25, 0.3) is 0 Å². The third-order valence-corrected chi connectivity index (χ3v) is 6.10. The molecule has 0 bridgehead atoms. The van der Waals surface area contributed by atoms with E-state index in [1.54, 1.807) is 17.3 Å². The average molecular weight is 395 g/mol. The normalized spacial score (nSPS) is 19.2. The molecule has 1 saturated carbocycles. The topological polar surface area (TPSA) is 65.5 Å². The smallest absolute Gasteiger partial charge is 0.234 e. The van der Waals surface area contributed by atoms with Gasteiger partial charge in [0.05, 0.1) is 23.5 Å². The van der Waals surface area contributed by atoms with Gasteiger partial charge in [-0.3, -0.25) is 9.78 Å². The Morgan fingerprint density at radius 2 is 2.00 bits per heavy atom. The van der Waals surface area contributed by atoms with Crippen LogP contribution in [0.5, 0.6) is 0 Å². The van der Waals surface area contributed by atoms with Crippen molar-refractivity contribution < 1.29 is 4.79 Å². The Labute approximate surface area is 172 Å². The van der Waals surface area contributed by atoms with E-state index in [4.69, 9.17) is 4.98 Å². The SMILES string of the molecule is CCN(c1cccnc1)c1ncc2c(n1)N(C1CCCC1)CC(C)(C)C(=O)N2C. The number of hydrogen-bond donors (Lipinski definition) is 0. The quantitative estimate of drug-likeness (QED) is 0.786. The van der Waals surface area contributed by atoms with E-state index in [0.717, 1.165) is 36.6 Å². The average Bonchev–Trinajstić information content (AvgIpc) is 3.25. The summed E-state index contributed by atoms with van der Waals surface area (Å²) in [6.07, 6.45) is 10.1. The summed E-state index contributed by atoms with van der Waals surface area (Å²) in [6, 6.07) is 4.35. The van der Waals surface area contributed by atoms with Gasteiger partial charge >= 0.3 is 0 Å². The van der Waals surface area contributed by atoms with Gasteiger partial charge in [0, 0.05) is 32.4 Å². The van der Waals surface area contributed by atoms with Gasteiger partial charge in [0.1, 0.15) is 5.69 Å². The highest BCUT2D eigenvalue weighted by molar-refractivity contribution is 6.00. The summed E-state index contributed by atoms with van der Waals surface area (Å²) in [5.41, 5.74) is 1.27. The van der Waals surface area contributed by atoms with Crippen LogP contribution >= 0.6 is 0 Å². The van der Waals surface area contributed by atoms with Crippen LogP contribution in [0.3, 0.4) is 0 Å². The molecular weight excluding hydrogens is 364 g/mol. The minimum absolute atomic E-state index is 0.107. The van der Waals surface area contributed by atoms with Gasteiger partial charge < -0.3 is 14.7 Å². The second-order valence-electron chi connectivity index (χ2n) is 8.65. The van der Waals surface area contributed by atoms with Gasteiger partial charge in [0.2, 0.25) is 11.9 Å². The lowest BCUT2D eigenvalue weighted by Gasteiger charge is -2.34. The van der Waals surface area contributed by atoms with Crippen LogP contribution in [0.4, 0.5) is 23.1 Å². The first-order chi connectivity index (χ1) is 13.9. The summed E-state index contributed by atoms with van der Waals surface area (Å²) < 4.78 is 0. The molecule has 0 N–H and O–H groups in total. The first-order valence-corrected chi connectivity index (χ1v) is 10.5. The number of nitrogens with zero attached hydrogens (tertiary/aromatic N) is 6. The number of carbonyl (C=O) groups excluding carboxylic acids is 1. The van der Waals surface area contributed by atoms with Gasteiger partial charge in [0.15, 0.2) is 5.82 Å². The first-order valence-electron chi connectivity index (χ1n) is 10.5. The maximum Gasteiger partial charge on any atom is 0.234 e. The highest BCUT2D eigenvalue weighted by Crippen LogP contribution is 2.40. The summed E-state index contributed by atoms with van der Waals surface area (Å²) in [7, 11) is 1.84. The van der Waals surface area contributed by atoms with Crippen molar-refractivity contribution in [2.24, 2.45) is 5.41 Å². The maximum atomic E-state index is 13.1. The molecule has 29 heavy (non-hydrogen) atoms. The van der Waals surface area contributed by atoms with Crippen LogP contribution in [0.15, 0.2) is 30.7 Å². The summed E-state index contributed by atoms with van der Waals surface area (Å²) in [6.45, 7) is 7.54. The Hall–Kier alpha value is -2.70. The van der Waals surface area contributed by atoms with E-state index in [9.17, 15) is 4.79 Å². The molecule has 0 aromatic carbocycles. The zero-order valence-corrected chi connectivity index (χ0v) is 17.8. The minimum Gasteiger partial charge on any atom is -0.351 e. The third-order valence-electron chi connectivity index (χ3n) is 6.10. The van der Waals surface area contributed by atoms with Crippen molar-refractivity contribution in [2.45, 2.75) is 52.5 Å². The molecule has 0 spiro atoms.